The van der Waals surface area contributed by atoms with Gasteiger partial charge in [-0.25, -0.2) is 0 Å². The minimum atomic E-state index is 0.263. The fraction of sp³-hybridized carbons (Fsp3) is 0.286. The van der Waals surface area contributed by atoms with E-state index in [1.54, 1.807) is 11.3 Å². The van der Waals surface area contributed by atoms with Gasteiger partial charge in [0.25, 0.3) is 0 Å². The van der Waals surface area contributed by atoms with Crippen LogP contribution in [-0.2, 0) is 6.54 Å². The van der Waals surface area contributed by atoms with Crippen molar-refractivity contribution in [1.29, 1.82) is 5.26 Å². The second-order valence-electron chi connectivity index (χ2n) is 4.26. The zero-order valence-electron chi connectivity index (χ0n) is 10.5. The van der Waals surface area contributed by atoms with Crippen molar-refractivity contribution < 1.29 is 0 Å². The summed E-state index contributed by atoms with van der Waals surface area (Å²) in [5.41, 5.74) is 1.81. The number of rotatable bonds is 4. The van der Waals surface area contributed by atoms with Crippen molar-refractivity contribution in [3.8, 4) is 6.07 Å². The van der Waals surface area contributed by atoms with Gasteiger partial charge < -0.3 is 0 Å². The van der Waals surface area contributed by atoms with E-state index in [0.717, 1.165) is 17.8 Å². The zero-order chi connectivity index (χ0) is 13.0. The smallest absolute Gasteiger partial charge is 0.100 e. The quantitative estimate of drug-likeness (QED) is 0.844. The standard InChI is InChI=1S/C14H15N3S/c1-11(14-5-3-4-6-16-14)17(2)9-13-7-12(8-15)10-18-13/h3-7,10-11H,9H2,1-2H3. The van der Waals surface area contributed by atoms with E-state index >= 15 is 0 Å². The van der Waals surface area contributed by atoms with E-state index in [0.29, 0.717) is 0 Å². The molecule has 2 aromatic heterocycles. The SMILES string of the molecule is CC(c1ccccn1)N(C)Cc1cc(C#N)cs1. The lowest BCUT2D eigenvalue weighted by Gasteiger charge is -2.23. The van der Waals surface area contributed by atoms with Gasteiger partial charge in [0.15, 0.2) is 0 Å². The third-order valence-electron chi connectivity index (χ3n) is 2.97. The summed E-state index contributed by atoms with van der Waals surface area (Å²) >= 11 is 1.63. The van der Waals surface area contributed by atoms with Crippen LogP contribution in [0.2, 0.25) is 0 Å². The largest absolute Gasteiger partial charge is 0.293 e. The number of nitrogens with zero attached hydrogens (tertiary/aromatic N) is 3. The van der Waals surface area contributed by atoms with Gasteiger partial charge in [-0.05, 0) is 32.2 Å². The Kier molecular flexibility index (Phi) is 4.08. The molecule has 0 saturated heterocycles. The second-order valence-corrected chi connectivity index (χ2v) is 5.25. The number of hydrogen-bond donors (Lipinski definition) is 0. The van der Waals surface area contributed by atoms with Crippen LogP contribution in [0, 0.1) is 11.3 Å². The highest BCUT2D eigenvalue weighted by molar-refractivity contribution is 7.10. The molecule has 0 spiro atoms. The van der Waals surface area contributed by atoms with E-state index in [4.69, 9.17) is 5.26 Å². The summed E-state index contributed by atoms with van der Waals surface area (Å²) in [5.74, 6) is 0. The number of pyridine rings is 1. The van der Waals surface area contributed by atoms with E-state index in [2.05, 4.69) is 29.9 Å². The Bertz CT molecular complexity index is 542. The predicted molar refractivity (Wildman–Crippen MR) is 73.2 cm³/mol. The summed E-state index contributed by atoms with van der Waals surface area (Å²) in [5, 5.41) is 10.7. The fourth-order valence-electron chi connectivity index (χ4n) is 1.75. The molecule has 0 fully saturated rings. The first-order valence-electron chi connectivity index (χ1n) is 5.79. The minimum Gasteiger partial charge on any atom is -0.293 e. The monoisotopic (exact) mass is 257 g/mol. The zero-order valence-corrected chi connectivity index (χ0v) is 11.3. The molecule has 0 aliphatic carbocycles. The summed E-state index contributed by atoms with van der Waals surface area (Å²) in [6.07, 6.45) is 1.82. The first-order chi connectivity index (χ1) is 8.70. The first kappa shape index (κ1) is 12.7. The molecule has 0 N–H and O–H groups in total. The predicted octanol–water partition coefficient (Wildman–Crippen LogP) is 3.21. The molecule has 0 aliphatic heterocycles. The maximum absolute atomic E-state index is 8.81. The molecule has 2 heterocycles. The van der Waals surface area contributed by atoms with Crippen LogP contribution in [0.3, 0.4) is 0 Å². The molecule has 18 heavy (non-hydrogen) atoms. The molecule has 0 amide bonds. The molecule has 1 atom stereocenters. The lowest BCUT2D eigenvalue weighted by Crippen LogP contribution is -2.22. The van der Waals surface area contributed by atoms with Crippen LogP contribution in [0.5, 0.6) is 0 Å². The van der Waals surface area contributed by atoms with Gasteiger partial charge in [-0.15, -0.1) is 11.3 Å². The Morgan fingerprint density at radius 1 is 1.50 bits per heavy atom. The average molecular weight is 257 g/mol. The first-order valence-corrected chi connectivity index (χ1v) is 6.67. The fourth-order valence-corrected chi connectivity index (χ4v) is 2.63. The Balaban J connectivity index is 2.04. The van der Waals surface area contributed by atoms with Crippen LogP contribution in [0.25, 0.3) is 0 Å². The number of hydrogen-bond acceptors (Lipinski definition) is 4. The Hall–Kier alpha value is -1.70. The molecule has 92 valence electrons. The molecule has 1 unspecified atom stereocenters. The van der Waals surface area contributed by atoms with Gasteiger partial charge >= 0.3 is 0 Å². The van der Waals surface area contributed by atoms with Gasteiger partial charge in [0.1, 0.15) is 6.07 Å². The maximum atomic E-state index is 8.81. The molecule has 0 aliphatic rings. The summed E-state index contributed by atoms with van der Waals surface area (Å²) in [4.78, 5) is 7.81. The van der Waals surface area contributed by atoms with E-state index in [-0.39, 0.29) is 6.04 Å². The van der Waals surface area contributed by atoms with Gasteiger partial charge in [0, 0.05) is 29.0 Å². The Morgan fingerprint density at radius 3 is 2.94 bits per heavy atom. The molecular formula is C14H15N3S. The van der Waals surface area contributed by atoms with Crippen molar-refractivity contribution in [2.75, 3.05) is 7.05 Å². The van der Waals surface area contributed by atoms with Gasteiger partial charge in [-0.3, -0.25) is 9.88 Å². The van der Waals surface area contributed by atoms with Crippen LogP contribution >= 0.6 is 11.3 Å². The topological polar surface area (TPSA) is 39.9 Å². The molecule has 0 saturated carbocycles. The summed E-state index contributed by atoms with van der Waals surface area (Å²) < 4.78 is 0. The second kappa shape index (κ2) is 5.76. The van der Waals surface area contributed by atoms with Crippen LogP contribution in [-0.4, -0.2) is 16.9 Å². The van der Waals surface area contributed by atoms with Crippen molar-refractivity contribution in [3.05, 3.63) is 52.0 Å². The molecule has 3 nitrogen and oxygen atoms in total. The van der Waals surface area contributed by atoms with Crippen LogP contribution < -0.4 is 0 Å². The average Bonchev–Trinajstić information content (AvgIpc) is 2.86. The molecule has 0 bridgehead atoms. The number of nitriles is 1. The molecule has 0 radical (unpaired) electrons. The summed E-state index contributed by atoms with van der Waals surface area (Å²) in [6.45, 7) is 2.98. The van der Waals surface area contributed by atoms with Gasteiger partial charge in [-0.2, -0.15) is 5.26 Å². The van der Waals surface area contributed by atoms with Crippen LogP contribution in [0.4, 0.5) is 0 Å². The highest BCUT2D eigenvalue weighted by Gasteiger charge is 2.13. The van der Waals surface area contributed by atoms with Gasteiger partial charge in [0.05, 0.1) is 11.3 Å². The third kappa shape index (κ3) is 2.95. The van der Waals surface area contributed by atoms with E-state index in [1.807, 2.05) is 35.8 Å². The van der Waals surface area contributed by atoms with Crippen LogP contribution in [0.1, 0.15) is 29.1 Å². The number of aromatic nitrogens is 1. The van der Waals surface area contributed by atoms with Gasteiger partial charge in [-0.1, -0.05) is 6.07 Å². The van der Waals surface area contributed by atoms with E-state index in [9.17, 15) is 0 Å². The maximum Gasteiger partial charge on any atom is 0.100 e. The summed E-state index contributed by atoms with van der Waals surface area (Å²) in [6, 6.07) is 10.3. The van der Waals surface area contributed by atoms with Crippen molar-refractivity contribution in [2.45, 2.75) is 19.5 Å². The molecular weight excluding hydrogens is 242 g/mol. The third-order valence-corrected chi connectivity index (χ3v) is 3.89. The van der Waals surface area contributed by atoms with Crippen molar-refractivity contribution >= 4 is 11.3 Å². The summed E-state index contributed by atoms with van der Waals surface area (Å²) in [7, 11) is 2.07. The Labute approximate surface area is 111 Å². The van der Waals surface area contributed by atoms with E-state index in [1.165, 1.54) is 4.88 Å². The lowest BCUT2D eigenvalue weighted by atomic mass is 10.2. The van der Waals surface area contributed by atoms with Crippen molar-refractivity contribution in [3.63, 3.8) is 0 Å². The van der Waals surface area contributed by atoms with Crippen LogP contribution in [0.15, 0.2) is 35.8 Å². The molecule has 2 aromatic rings. The minimum absolute atomic E-state index is 0.263. The molecule has 2 rings (SSSR count). The Morgan fingerprint density at radius 2 is 2.33 bits per heavy atom. The molecule has 0 aromatic carbocycles. The van der Waals surface area contributed by atoms with E-state index < -0.39 is 0 Å². The lowest BCUT2D eigenvalue weighted by molar-refractivity contribution is 0.251. The molecule has 4 heteroatoms. The van der Waals surface area contributed by atoms with Crippen molar-refractivity contribution in [1.82, 2.24) is 9.88 Å². The highest BCUT2D eigenvalue weighted by atomic mass is 32.1. The highest BCUT2D eigenvalue weighted by Crippen LogP contribution is 2.21. The number of thiophene rings is 1. The van der Waals surface area contributed by atoms with Crippen molar-refractivity contribution in [2.24, 2.45) is 0 Å². The normalized spacial score (nSPS) is 12.3. The van der Waals surface area contributed by atoms with Gasteiger partial charge in [0.2, 0.25) is 0 Å².